The maximum atomic E-state index is 12.3. The van der Waals surface area contributed by atoms with Crippen LogP contribution in [0.1, 0.15) is 32.8 Å². The summed E-state index contributed by atoms with van der Waals surface area (Å²) in [6, 6.07) is 7.22. The molecule has 0 saturated heterocycles. The monoisotopic (exact) mass is 298 g/mol. The molecule has 0 aliphatic heterocycles. The molecule has 0 heterocycles. The van der Waals surface area contributed by atoms with Gasteiger partial charge in [-0.15, -0.1) is 0 Å². The highest BCUT2D eigenvalue weighted by Gasteiger charge is 2.17. The third-order valence-electron chi connectivity index (χ3n) is 3.41. The molecule has 5 heteroatoms. The third-order valence-corrected chi connectivity index (χ3v) is 5.12. The van der Waals surface area contributed by atoms with Crippen molar-refractivity contribution in [3.05, 3.63) is 29.8 Å². The Morgan fingerprint density at radius 2 is 1.75 bits per heavy atom. The lowest BCUT2D eigenvalue weighted by atomic mass is 10.2. The summed E-state index contributed by atoms with van der Waals surface area (Å²) in [6.07, 6.45) is 1.03. The lowest BCUT2D eigenvalue weighted by Crippen LogP contribution is -2.35. The standard InChI is InChI=1S/C15H26N2O2S/c1-4-9-17(13(2)3)10-11-20(18,19)15-7-5-14(12-16)6-8-15/h5-8,13H,4,9-12,16H2,1-3H3. The molecule has 0 aromatic heterocycles. The van der Waals surface area contributed by atoms with Crippen LogP contribution in [0.5, 0.6) is 0 Å². The number of sulfone groups is 1. The van der Waals surface area contributed by atoms with Crippen molar-refractivity contribution < 1.29 is 8.42 Å². The van der Waals surface area contributed by atoms with Gasteiger partial charge in [-0.05, 0) is 44.5 Å². The number of benzene rings is 1. The fourth-order valence-electron chi connectivity index (χ4n) is 2.10. The molecule has 2 N–H and O–H groups in total. The van der Waals surface area contributed by atoms with Crippen LogP contribution in [-0.4, -0.2) is 38.2 Å². The second-order valence-electron chi connectivity index (χ2n) is 5.30. The SMILES string of the molecule is CCCN(CCS(=O)(=O)c1ccc(CN)cc1)C(C)C. The Kier molecular flexibility index (Phi) is 6.65. The van der Waals surface area contributed by atoms with Crippen molar-refractivity contribution in [2.24, 2.45) is 5.73 Å². The van der Waals surface area contributed by atoms with Crippen molar-refractivity contribution in [1.82, 2.24) is 4.90 Å². The predicted octanol–water partition coefficient (Wildman–Crippen LogP) is 2.04. The van der Waals surface area contributed by atoms with Crippen molar-refractivity contribution in [1.29, 1.82) is 0 Å². The van der Waals surface area contributed by atoms with E-state index in [9.17, 15) is 8.42 Å². The van der Waals surface area contributed by atoms with E-state index in [2.05, 4.69) is 25.7 Å². The molecule has 0 aliphatic rings. The largest absolute Gasteiger partial charge is 0.326 e. The minimum Gasteiger partial charge on any atom is -0.326 e. The molecule has 4 nitrogen and oxygen atoms in total. The van der Waals surface area contributed by atoms with Gasteiger partial charge in [0.25, 0.3) is 0 Å². The van der Waals surface area contributed by atoms with Gasteiger partial charge in [0.05, 0.1) is 10.6 Å². The lowest BCUT2D eigenvalue weighted by molar-refractivity contribution is 0.235. The molecule has 0 bridgehead atoms. The average molecular weight is 298 g/mol. The van der Waals surface area contributed by atoms with Gasteiger partial charge in [-0.1, -0.05) is 19.1 Å². The normalized spacial score (nSPS) is 12.3. The summed E-state index contributed by atoms with van der Waals surface area (Å²) in [7, 11) is -3.21. The van der Waals surface area contributed by atoms with Gasteiger partial charge in [0.15, 0.2) is 9.84 Å². The maximum Gasteiger partial charge on any atom is 0.179 e. The molecule has 1 rings (SSSR count). The first-order valence-electron chi connectivity index (χ1n) is 7.16. The van der Waals surface area contributed by atoms with E-state index in [1.54, 1.807) is 24.3 Å². The molecule has 0 amide bonds. The lowest BCUT2D eigenvalue weighted by Gasteiger charge is -2.25. The Morgan fingerprint density at radius 1 is 1.15 bits per heavy atom. The Bertz CT molecular complexity index is 495. The van der Waals surface area contributed by atoms with Crippen molar-refractivity contribution >= 4 is 9.84 Å². The van der Waals surface area contributed by atoms with Crippen LogP contribution in [-0.2, 0) is 16.4 Å². The fraction of sp³-hybridized carbons (Fsp3) is 0.600. The molecule has 0 unspecified atom stereocenters. The Labute approximate surface area is 122 Å². The summed E-state index contributed by atoms with van der Waals surface area (Å²) in [5.41, 5.74) is 6.46. The minimum atomic E-state index is -3.21. The van der Waals surface area contributed by atoms with E-state index in [-0.39, 0.29) is 5.75 Å². The van der Waals surface area contributed by atoms with Crippen molar-refractivity contribution in [3.63, 3.8) is 0 Å². The van der Waals surface area contributed by atoms with Crippen LogP contribution < -0.4 is 5.73 Å². The third kappa shape index (κ3) is 4.89. The van der Waals surface area contributed by atoms with Gasteiger partial charge in [-0.3, -0.25) is 4.90 Å². The average Bonchev–Trinajstić information content (AvgIpc) is 2.43. The van der Waals surface area contributed by atoms with Gasteiger partial charge < -0.3 is 5.73 Å². The second kappa shape index (κ2) is 7.76. The van der Waals surface area contributed by atoms with Crippen LogP contribution in [0.4, 0.5) is 0 Å². The van der Waals surface area contributed by atoms with Crippen LogP contribution in [0.25, 0.3) is 0 Å². The number of nitrogens with two attached hydrogens (primary N) is 1. The van der Waals surface area contributed by atoms with Crippen LogP contribution in [0, 0.1) is 0 Å². The van der Waals surface area contributed by atoms with Gasteiger partial charge in [-0.2, -0.15) is 0 Å². The molecule has 0 saturated carbocycles. The van der Waals surface area contributed by atoms with Crippen molar-refractivity contribution in [3.8, 4) is 0 Å². The van der Waals surface area contributed by atoms with E-state index in [1.165, 1.54) is 0 Å². The predicted molar refractivity (Wildman–Crippen MR) is 83.4 cm³/mol. The second-order valence-corrected chi connectivity index (χ2v) is 7.41. The summed E-state index contributed by atoms with van der Waals surface area (Å²) >= 11 is 0. The number of rotatable bonds is 8. The molecule has 0 spiro atoms. The van der Waals surface area contributed by atoms with E-state index in [0.717, 1.165) is 18.5 Å². The summed E-state index contributed by atoms with van der Waals surface area (Å²) in [4.78, 5) is 2.58. The highest BCUT2D eigenvalue weighted by molar-refractivity contribution is 7.91. The molecular weight excluding hydrogens is 272 g/mol. The van der Waals surface area contributed by atoms with Gasteiger partial charge in [0, 0.05) is 19.1 Å². The van der Waals surface area contributed by atoms with Crippen LogP contribution in [0.3, 0.4) is 0 Å². The van der Waals surface area contributed by atoms with E-state index < -0.39 is 9.84 Å². The van der Waals surface area contributed by atoms with E-state index in [1.807, 2.05) is 0 Å². The topological polar surface area (TPSA) is 63.4 Å². The Morgan fingerprint density at radius 3 is 2.20 bits per heavy atom. The van der Waals surface area contributed by atoms with Gasteiger partial charge in [-0.25, -0.2) is 8.42 Å². The molecular formula is C15H26N2O2S. The molecule has 0 atom stereocenters. The smallest absolute Gasteiger partial charge is 0.179 e. The summed E-state index contributed by atoms with van der Waals surface area (Å²) in [5.74, 6) is 0.160. The van der Waals surface area contributed by atoms with Crippen LogP contribution in [0.15, 0.2) is 29.2 Å². The first kappa shape index (κ1) is 17.1. The van der Waals surface area contributed by atoms with Crippen LogP contribution in [0.2, 0.25) is 0 Å². The number of hydrogen-bond donors (Lipinski definition) is 1. The zero-order valence-electron chi connectivity index (χ0n) is 12.7. The van der Waals surface area contributed by atoms with Gasteiger partial charge >= 0.3 is 0 Å². The minimum absolute atomic E-state index is 0.160. The molecule has 0 aliphatic carbocycles. The van der Waals surface area contributed by atoms with Crippen molar-refractivity contribution in [2.75, 3.05) is 18.8 Å². The molecule has 20 heavy (non-hydrogen) atoms. The van der Waals surface area contributed by atoms with E-state index in [0.29, 0.717) is 24.0 Å². The van der Waals surface area contributed by atoms with E-state index >= 15 is 0 Å². The fourth-order valence-corrected chi connectivity index (χ4v) is 3.36. The number of hydrogen-bond acceptors (Lipinski definition) is 4. The summed E-state index contributed by atoms with van der Waals surface area (Å²) in [6.45, 7) is 8.23. The molecule has 1 aromatic carbocycles. The summed E-state index contributed by atoms with van der Waals surface area (Å²) < 4.78 is 24.6. The maximum absolute atomic E-state index is 12.3. The summed E-state index contributed by atoms with van der Waals surface area (Å²) in [5, 5.41) is 0. The Balaban J connectivity index is 2.73. The van der Waals surface area contributed by atoms with E-state index in [4.69, 9.17) is 5.73 Å². The first-order valence-corrected chi connectivity index (χ1v) is 8.81. The molecule has 0 fully saturated rings. The molecule has 0 radical (unpaired) electrons. The van der Waals surface area contributed by atoms with Gasteiger partial charge in [0.2, 0.25) is 0 Å². The molecule has 114 valence electrons. The quantitative estimate of drug-likeness (QED) is 0.798. The number of nitrogens with zero attached hydrogens (tertiary/aromatic N) is 1. The zero-order valence-corrected chi connectivity index (χ0v) is 13.5. The molecule has 1 aromatic rings. The highest BCUT2D eigenvalue weighted by Crippen LogP contribution is 2.13. The van der Waals surface area contributed by atoms with Crippen molar-refractivity contribution in [2.45, 2.75) is 44.7 Å². The first-order chi connectivity index (χ1) is 9.40. The Hall–Kier alpha value is -0.910. The van der Waals surface area contributed by atoms with Gasteiger partial charge in [0.1, 0.15) is 0 Å². The van der Waals surface area contributed by atoms with Crippen LogP contribution >= 0.6 is 0 Å². The zero-order chi connectivity index (χ0) is 15.2. The highest BCUT2D eigenvalue weighted by atomic mass is 32.2.